The number of halogens is 2. The quantitative estimate of drug-likeness (QED) is 0.0696. The van der Waals surface area contributed by atoms with E-state index in [0.29, 0.717) is 34.9 Å². The molecule has 15 rings (SSSR count). The van der Waals surface area contributed by atoms with E-state index in [1.165, 1.54) is 86.9 Å². The van der Waals surface area contributed by atoms with Gasteiger partial charge >= 0.3 is 0 Å². The summed E-state index contributed by atoms with van der Waals surface area (Å²) in [5.41, 5.74) is 24.9. The summed E-state index contributed by atoms with van der Waals surface area (Å²) in [6.45, 7) is 28.9. The zero-order valence-corrected chi connectivity index (χ0v) is 70.6. The number of benzene rings is 10. The molecule has 1 aliphatic carbocycles. The van der Waals surface area contributed by atoms with Gasteiger partial charge in [-0.25, -0.2) is 29.9 Å². The number of hydrogen-bond donors (Lipinski definition) is 0. The number of aromatic nitrogens is 8. The molecule has 8 nitrogen and oxygen atoms in total. The Kier molecular flexibility index (Phi) is 23.2. The molecule has 0 bridgehead atoms. The summed E-state index contributed by atoms with van der Waals surface area (Å²) in [5.74, 6) is 3.71. The van der Waals surface area contributed by atoms with Gasteiger partial charge in [0.25, 0.3) is 0 Å². The Labute approximate surface area is 681 Å². The Bertz CT molecular complexity index is 5320. The van der Waals surface area contributed by atoms with Gasteiger partial charge in [-0.3, -0.25) is 0 Å². The zero-order valence-electron chi connectivity index (χ0n) is 65.0. The van der Waals surface area contributed by atoms with E-state index in [4.69, 9.17) is 34.9 Å². The van der Waals surface area contributed by atoms with Crippen molar-refractivity contribution < 1.29 is 20.1 Å². The first-order valence-corrected chi connectivity index (χ1v) is 39.5. The van der Waals surface area contributed by atoms with Crippen LogP contribution in [0.5, 0.6) is 0 Å². The van der Waals surface area contributed by atoms with Gasteiger partial charge in [0, 0.05) is 74.8 Å². The predicted octanol–water partition coefficient (Wildman–Crippen LogP) is 26.3. The van der Waals surface area contributed by atoms with Crippen LogP contribution >= 0.6 is 31.9 Å². The monoisotopic (exact) mass is 1740 g/mol. The smallest absolute Gasteiger partial charge is 0.165 e. The molecule has 0 fully saturated rings. The first-order valence-electron chi connectivity index (χ1n) is 38.0. The predicted molar refractivity (Wildman–Crippen MR) is 457 cm³/mol. The Morgan fingerprint density at radius 3 is 1.05 bits per heavy atom. The van der Waals surface area contributed by atoms with Crippen molar-refractivity contribution in [2.24, 2.45) is 0 Å². The van der Waals surface area contributed by atoms with Gasteiger partial charge in [0.15, 0.2) is 34.9 Å². The minimum atomic E-state index is -0.521. The SMILES string of the molecule is CC(C)(C)c1ccc(-c2nc(-c3ccc(C(C)(C)C)cc3)nc(-c3ccc(-c4[c-]cccc4)nc3)n2)cc1.CCCCCCc1ccc(C2(c3ccc(-c4cc[c-]c(-c5ccc(-c6nc(-c7ccc(C(C)(C)C)cc7)nc(-c7ccc(C(C)(C)C)cc7)n6)cn5)c4)cc3)c3cc(Br)ccc3-c3ccc(Br)cc32)cc1.[Ir]. The Balaban J connectivity index is 0.000000230. The average Bonchev–Trinajstić information content (AvgIpc) is 0.991. The van der Waals surface area contributed by atoms with Crippen molar-refractivity contribution in [1.29, 1.82) is 0 Å². The second-order valence-electron chi connectivity index (χ2n) is 32.8. The molecule has 14 aromatic rings. The van der Waals surface area contributed by atoms with Gasteiger partial charge in [-0.1, -0.05) is 323 Å². The fourth-order valence-corrected chi connectivity index (χ4v) is 15.1. The standard InChI is InChI=1S/C65H59Br2N4.C34H33N4.Ir/c1-8-9-10-11-13-42-16-25-51(26-17-42)65(57-39-53(66)33-35-55(57)56-36-34-54(67)40-58(56)65)52-31-18-43(19-32-52)46-14-12-15-47(38-46)59-37-24-48(41-68-59)62-70-60(44-20-27-49(28-21-44)63(2,3)4)69-61(71-62)45-22-29-50(30-23-45)64(5,6)7;1-33(2,3)27-17-12-24(13-18-27)30-36-31(25-14-19-28(20-15-25)34(4,5)6)38-32(37-30)26-16-21-29(35-22-26)23-10-8-7-9-11-23;/h12,14,16-41H,8-11,13H2,1-7H3;7-10,12-22H,1-6H3;/q2*-1;. The van der Waals surface area contributed by atoms with E-state index in [1.807, 2.05) is 60.9 Å². The van der Waals surface area contributed by atoms with Gasteiger partial charge < -0.3 is 9.97 Å². The van der Waals surface area contributed by atoms with E-state index in [1.54, 1.807) is 0 Å². The van der Waals surface area contributed by atoms with Crippen LogP contribution in [0.25, 0.3) is 113 Å². The fraction of sp³-hybridized carbons (Fsp3) is 0.232. The molecule has 1 aliphatic rings. The van der Waals surface area contributed by atoms with Gasteiger partial charge in [0.2, 0.25) is 0 Å². The maximum atomic E-state index is 5.04. The molecule has 0 saturated carbocycles. The fourth-order valence-electron chi connectivity index (χ4n) is 14.4. The molecule has 4 aromatic heterocycles. The molecule has 1 radical (unpaired) electrons. The molecule has 0 atom stereocenters. The summed E-state index contributed by atoms with van der Waals surface area (Å²) in [6, 6.07) is 95.2. The molecule has 0 unspecified atom stereocenters. The zero-order chi connectivity index (χ0) is 76.4. The summed E-state index contributed by atoms with van der Waals surface area (Å²) in [5, 5.41) is 0. The van der Waals surface area contributed by atoms with E-state index in [2.05, 4.69) is 339 Å². The van der Waals surface area contributed by atoms with Crippen LogP contribution in [0.1, 0.15) is 166 Å². The minimum absolute atomic E-state index is 0. The van der Waals surface area contributed by atoms with Crippen molar-refractivity contribution in [3.05, 3.63) is 332 Å². The van der Waals surface area contributed by atoms with Gasteiger partial charge in [-0.15, -0.1) is 71.3 Å². The summed E-state index contributed by atoms with van der Waals surface area (Å²) in [4.78, 5) is 39.4. The van der Waals surface area contributed by atoms with Crippen molar-refractivity contribution in [2.45, 2.75) is 149 Å². The summed E-state index contributed by atoms with van der Waals surface area (Å²) < 4.78 is 2.14. The molecule has 0 spiro atoms. The van der Waals surface area contributed by atoms with Crippen LogP contribution in [0, 0.1) is 12.1 Å². The molecule has 0 aliphatic heterocycles. The molecule has 110 heavy (non-hydrogen) atoms. The molecule has 0 amide bonds. The number of nitrogens with zero attached hydrogens (tertiary/aromatic N) is 8. The second-order valence-corrected chi connectivity index (χ2v) is 34.6. The summed E-state index contributed by atoms with van der Waals surface area (Å²) >= 11 is 7.74. The molecule has 4 heterocycles. The molecule has 11 heteroatoms. The molecular weight excluding hydrogens is 1650 g/mol. The first kappa shape index (κ1) is 78.3. The molecule has 10 aromatic carbocycles. The van der Waals surface area contributed by atoms with Gasteiger partial charge in [0.05, 0.1) is 5.41 Å². The molecule has 553 valence electrons. The Hall–Kier alpha value is -9.87. The van der Waals surface area contributed by atoms with E-state index in [-0.39, 0.29) is 41.8 Å². The Morgan fingerprint density at radius 1 is 0.327 bits per heavy atom. The number of hydrogen-bond acceptors (Lipinski definition) is 8. The van der Waals surface area contributed by atoms with Gasteiger partial charge in [-0.05, 0) is 137 Å². The van der Waals surface area contributed by atoms with Crippen LogP contribution < -0.4 is 0 Å². The maximum absolute atomic E-state index is 5.04. The van der Waals surface area contributed by atoms with Crippen LogP contribution in [-0.4, -0.2) is 39.9 Å². The third kappa shape index (κ3) is 17.2. The van der Waals surface area contributed by atoms with Crippen molar-refractivity contribution in [3.8, 4) is 113 Å². The third-order valence-corrected chi connectivity index (χ3v) is 21.8. The van der Waals surface area contributed by atoms with Crippen molar-refractivity contribution in [2.75, 3.05) is 0 Å². The summed E-state index contributed by atoms with van der Waals surface area (Å²) in [7, 11) is 0. The first-order chi connectivity index (χ1) is 52.3. The van der Waals surface area contributed by atoms with E-state index < -0.39 is 5.41 Å². The maximum Gasteiger partial charge on any atom is 0.165 e. The van der Waals surface area contributed by atoms with Crippen molar-refractivity contribution in [3.63, 3.8) is 0 Å². The van der Waals surface area contributed by atoms with E-state index in [0.717, 1.165) is 82.4 Å². The van der Waals surface area contributed by atoms with Crippen molar-refractivity contribution >= 4 is 31.9 Å². The van der Waals surface area contributed by atoms with Crippen LogP contribution in [-0.2, 0) is 53.6 Å². The Morgan fingerprint density at radius 2 is 0.691 bits per heavy atom. The number of fused-ring (bicyclic) bond motifs is 3. The topological polar surface area (TPSA) is 103 Å². The van der Waals surface area contributed by atoms with E-state index >= 15 is 0 Å². The number of rotatable bonds is 16. The van der Waals surface area contributed by atoms with E-state index in [9.17, 15) is 0 Å². The van der Waals surface area contributed by atoms with Crippen LogP contribution in [0.2, 0.25) is 0 Å². The summed E-state index contributed by atoms with van der Waals surface area (Å²) in [6.07, 6.45) is 9.81. The van der Waals surface area contributed by atoms with Crippen LogP contribution in [0.3, 0.4) is 0 Å². The largest absolute Gasteiger partial charge is 0.304 e. The number of unbranched alkanes of at least 4 members (excludes halogenated alkanes) is 3. The third-order valence-electron chi connectivity index (χ3n) is 20.8. The normalized spacial score (nSPS) is 12.5. The number of pyridine rings is 2. The molecular formula is C99H92Br2IrN8-2. The van der Waals surface area contributed by atoms with Gasteiger partial charge in [-0.2, -0.15) is 0 Å². The van der Waals surface area contributed by atoms with Crippen molar-refractivity contribution in [1.82, 2.24) is 39.9 Å². The molecule has 0 saturated heterocycles. The van der Waals surface area contributed by atoms with Crippen LogP contribution in [0.4, 0.5) is 0 Å². The second kappa shape index (κ2) is 32.6. The molecule has 0 N–H and O–H groups in total. The average molecular weight is 1750 g/mol. The minimum Gasteiger partial charge on any atom is -0.304 e. The van der Waals surface area contributed by atoms with Crippen LogP contribution in [0.15, 0.2) is 270 Å². The van der Waals surface area contributed by atoms with Gasteiger partial charge in [0.1, 0.15) is 0 Å². The number of aryl methyl sites for hydroxylation is 1.